The van der Waals surface area contributed by atoms with Crippen LogP contribution in [0.4, 0.5) is 5.69 Å². The van der Waals surface area contributed by atoms with E-state index in [-0.39, 0.29) is 12.0 Å². The molecule has 1 heterocycles. The van der Waals surface area contributed by atoms with Crippen molar-refractivity contribution < 1.29 is 9.53 Å². The molecule has 2 rings (SSSR count). The van der Waals surface area contributed by atoms with Crippen molar-refractivity contribution in [2.24, 2.45) is 0 Å². The summed E-state index contributed by atoms with van der Waals surface area (Å²) in [6, 6.07) is 9.39. The Bertz CT molecular complexity index is 350. The molecular weight excluding hydrogens is 178 g/mol. The van der Waals surface area contributed by atoms with Gasteiger partial charge in [0, 0.05) is 5.69 Å². The molecule has 0 bridgehead atoms. The molecule has 1 aromatic rings. The minimum atomic E-state index is -0.629. The van der Waals surface area contributed by atoms with Crippen LogP contribution < -0.4 is 5.32 Å². The van der Waals surface area contributed by atoms with E-state index < -0.39 is 5.60 Å². The van der Waals surface area contributed by atoms with E-state index in [4.69, 9.17) is 4.74 Å². The zero-order chi connectivity index (χ0) is 10.2. The Kier molecular flexibility index (Phi) is 2.04. The van der Waals surface area contributed by atoms with E-state index in [0.29, 0.717) is 0 Å². The van der Waals surface area contributed by atoms with Gasteiger partial charge in [0.15, 0.2) is 5.60 Å². The number of carbonyl (C=O) groups is 1. The quantitative estimate of drug-likeness (QED) is 0.724. The molecule has 1 amide bonds. The fourth-order valence-electron chi connectivity index (χ4n) is 1.35. The maximum atomic E-state index is 11.7. The molecule has 14 heavy (non-hydrogen) atoms. The number of benzene rings is 1. The molecule has 0 radical (unpaired) electrons. The van der Waals surface area contributed by atoms with E-state index in [9.17, 15) is 4.79 Å². The summed E-state index contributed by atoms with van der Waals surface area (Å²) in [5, 5.41) is 2.81. The number of epoxide rings is 1. The smallest absolute Gasteiger partial charge is 0.259 e. The minimum Gasteiger partial charge on any atom is -0.356 e. The van der Waals surface area contributed by atoms with Gasteiger partial charge in [-0.3, -0.25) is 4.79 Å². The molecule has 1 saturated heterocycles. The number of ether oxygens (including phenoxy) is 1. The summed E-state index contributed by atoms with van der Waals surface area (Å²) >= 11 is 0. The molecule has 0 aliphatic carbocycles. The molecule has 1 N–H and O–H groups in total. The van der Waals surface area contributed by atoms with Crippen LogP contribution in [0.1, 0.15) is 13.8 Å². The zero-order valence-corrected chi connectivity index (χ0v) is 8.28. The number of hydrogen-bond acceptors (Lipinski definition) is 2. The molecule has 3 nitrogen and oxygen atoms in total. The van der Waals surface area contributed by atoms with Crippen LogP contribution in [0.25, 0.3) is 0 Å². The predicted molar refractivity (Wildman–Crippen MR) is 54.0 cm³/mol. The molecule has 1 aromatic carbocycles. The van der Waals surface area contributed by atoms with Gasteiger partial charge < -0.3 is 10.1 Å². The first-order chi connectivity index (χ1) is 6.63. The van der Waals surface area contributed by atoms with Gasteiger partial charge in [0.05, 0.1) is 6.10 Å². The van der Waals surface area contributed by atoms with Gasteiger partial charge >= 0.3 is 0 Å². The summed E-state index contributed by atoms with van der Waals surface area (Å²) < 4.78 is 5.23. The van der Waals surface area contributed by atoms with Crippen molar-refractivity contribution in [3.05, 3.63) is 30.3 Å². The molecule has 0 unspecified atom stereocenters. The standard InChI is InChI=1S/C11H13NO2/c1-8-11(2,14-8)10(13)12-9-6-4-3-5-7-9/h3-8H,1-2H3,(H,12,13)/t8-,11+/m0/s1. The first kappa shape index (κ1) is 9.21. The van der Waals surface area contributed by atoms with Crippen molar-refractivity contribution in [2.45, 2.75) is 25.6 Å². The van der Waals surface area contributed by atoms with Crippen molar-refractivity contribution in [1.82, 2.24) is 0 Å². The third-order valence-electron chi connectivity index (χ3n) is 2.62. The molecule has 1 aliphatic heterocycles. The molecule has 2 atom stereocenters. The highest BCUT2D eigenvalue weighted by Crippen LogP contribution is 2.36. The monoisotopic (exact) mass is 191 g/mol. The summed E-state index contributed by atoms with van der Waals surface area (Å²) in [6.07, 6.45) is 0.0196. The number of hydrogen-bond donors (Lipinski definition) is 1. The zero-order valence-electron chi connectivity index (χ0n) is 8.28. The van der Waals surface area contributed by atoms with Crippen LogP contribution in [-0.4, -0.2) is 17.6 Å². The Balaban J connectivity index is 2.03. The normalized spacial score (nSPS) is 29.7. The Hall–Kier alpha value is -1.35. The first-order valence-electron chi connectivity index (χ1n) is 4.67. The van der Waals surface area contributed by atoms with E-state index in [0.717, 1.165) is 5.69 Å². The third-order valence-corrected chi connectivity index (χ3v) is 2.62. The van der Waals surface area contributed by atoms with Crippen LogP contribution in [0.15, 0.2) is 30.3 Å². The second-order valence-corrected chi connectivity index (χ2v) is 3.69. The van der Waals surface area contributed by atoms with Crippen molar-refractivity contribution in [2.75, 3.05) is 5.32 Å². The van der Waals surface area contributed by atoms with Gasteiger partial charge in [-0.2, -0.15) is 0 Å². The summed E-state index contributed by atoms with van der Waals surface area (Å²) in [5.74, 6) is -0.0730. The number of rotatable bonds is 2. The molecule has 1 fully saturated rings. The largest absolute Gasteiger partial charge is 0.356 e. The number of carbonyl (C=O) groups excluding carboxylic acids is 1. The molecular formula is C11H13NO2. The molecule has 0 aromatic heterocycles. The van der Waals surface area contributed by atoms with E-state index in [1.807, 2.05) is 37.3 Å². The number of para-hydroxylation sites is 1. The number of nitrogens with one attached hydrogen (secondary N) is 1. The summed E-state index contributed by atoms with van der Waals surface area (Å²) in [6.45, 7) is 3.69. The van der Waals surface area contributed by atoms with Crippen LogP contribution in [0.3, 0.4) is 0 Å². The Morgan fingerprint density at radius 2 is 2.00 bits per heavy atom. The second-order valence-electron chi connectivity index (χ2n) is 3.69. The van der Waals surface area contributed by atoms with Gasteiger partial charge in [-0.05, 0) is 26.0 Å². The molecule has 0 saturated carbocycles. The van der Waals surface area contributed by atoms with Gasteiger partial charge in [-0.15, -0.1) is 0 Å². The maximum absolute atomic E-state index is 11.7. The summed E-state index contributed by atoms with van der Waals surface area (Å²) in [5.41, 5.74) is 0.178. The Morgan fingerprint density at radius 1 is 1.43 bits per heavy atom. The van der Waals surface area contributed by atoms with E-state index >= 15 is 0 Å². The van der Waals surface area contributed by atoms with Crippen LogP contribution in [0, 0.1) is 0 Å². The van der Waals surface area contributed by atoms with Gasteiger partial charge in [0.25, 0.3) is 5.91 Å². The average molecular weight is 191 g/mol. The van der Waals surface area contributed by atoms with Gasteiger partial charge in [-0.1, -0.05) is 18.2 Å². The molecule has 74 valence electrons. The highest BCUT2D eigenvalue weighted by atomic mass is 16.6. The van der Waals surface area contributed by atoms with Gasteiger partial charge in [-0.25, -0.2) is 0 Å². The lowest BCUT2D eigenvalue weighted by Crippen LogP contribution is -2.29. The van der Waals surface area contributed by atoms with Crippen LogP contribution in [0.5, 0.6) is 0 Å². The minimum absolute atomic E-state index is 0.0196. The van der Waals surface area contributed by atoms with Gasteiger partial charge in [0.2, 0.25) is 0 Å². The van der Waals surface area contributed by atoms with Crippen LogP contribution in [-0.2, 0) is 9.53 Å². The Morgan fingerprint density at radius 3 is 2.50 bits per heavy atom. The van der Waals surface area contributed by atoms with Crippen molar-refractivity contribution in [3.63, 3.8) is 0 Å². The topological polar surface area (TPSA) is 41.6 Å². The van der Waals surface area contributed by atoms with E-state index in [1.54, 1.807) is 6.92 Å². The maximum Gasteiger partial charge on any atom is 0.259 e. The fraction of sp³-hybridized carbons (Fsp3) is 0.364. The van der Waals surface area contributed by atoms with Crippen LogP contribution in [0.2, 0.25) is 0 Å². The first-order valence-corrected chi connectivity index (χ1v) is 4.67. The van der Waals surface area contributed by atoms with Crippen molar-refractivity contribution >= 4 is 11.6 Å². The highest BCUT2D eigenvalue weighted by molar-refractivity contribution is 5.99. The Labute approximate surface area is 83.1 Å². The van der Waals surface area contributed by atoms with Gasteiger partial charge in [0.1, 0.15) is 0 Å². The summed E-state index contributed by atoms with van der Waals surface area (Å²) in [7, 11) is 0. The second kappa shape index (κ2) is 3.10. The number of amides is 1. The SMILES string of the molecule is C[C@@H]1O[C@@]1(C)C(=O)Nc1ccccc1. The van der Waals surface area contributed by atoms with E-state index in [2.05, 4.69) is 5.32 Å². The number of anilines is 1. The van der Waals surface area contributed by atoms with Crippen molar-refractivity contribution in [3.8, 4) is 0 Å². The fourth-order valence-corrected chi connectivity index (χ4v) is 1.35. The lowest BCUT2D eigenvalue weighted by Gasteiger charge is -2.07. The van der Waals surface area contributed by atoms with E-state index in [1.165, 1.54) is 0 Å². The van der Waals surface area contributed by atoms with Crippen molar-refractivity contribution in [1.29, 1.82) is 0 Å². The molecule has 1 aliphatic rings. The lowest BCUT2D eigenvalue weighted by molar-refractivity contribution is -0.120. The summed E-state index contributed by atoms with van der Waals surface area (Å²) in [4.78, 5) is 11.7. The average Bonchev–Trinajstić information content (AvgIpc) is 2.78. The predicted octanol–water partition coefficient (Wildman–Crippen LogP) is 1.80. The van der Waals surface area contributed by atoms with Crippen LogP contribution >= 0.6 is 0 Å². The molecule has 3 heteroatoms. The third kappa shape index (κ3) is 1.51. The lowest BCUT2D eigenvalue weighted by atomic mass is 10.1. The molecule has 0 spiro atoms. The highest BCUT2D eigenvalue weighted by Gasteiger charge is 2.55.